The molecule has 0 N–H and O–H groups in total. The number of hydrogen-bond donors (Lipinski definition) is 0. The van der Waals surface area contributed by atoms with E-state index in [1.54, 1.807) is 0 Å². The number of unbranched alkanes of at least 4 members (excludes halogenated alkanes) is 8. The van der Waals surface area contributed by atoms with Crippen LogP contribution in [-0.4, -0.2) is 125 Å². The molecule has 0 radical (unpaired) electrons. The van der Waals surface area contributed by atoms with Gasteiger partial charge in [-0.3, -0.25) is 4.79 Å². The second-order valence-electron chi connectivity index (χ2n) is 14.3. The normalized spacial score (nSPS) is 11.6. The third-order valence-corrected chi connectivity index (χ3v) is 9.67. The average molecular weight is 839 g/mol. The number of carbonyl (C=O) groups is 1. The van der Waals surface area contributed by atoms with Crippen molar-refractivity contribution in [3.8, 4) is 0 Å². The summed E-state index contributed by atoms with van der Waals surface area (Å²) in [5.74, 6) is -0.137. The second kappa shape index (κ2) is 36.4. The van der Waals surface area contributed by atoms with E-state index < -0.39 is 5.60 Å². The number of benzene rings is 3. The largest absolute Gasteiger partial charge is 0.463 e. The summed E-state index contributed by atoms with van der Waals surface area (Å²) in [4.78, 5) is 11.8. The zero-order valence-electron chi connectivity index (χ0n) is 36.4. The first kappa shape index (κ1) is 51.1. The highest BCUT2D eigenvalue weighted by atomic mass is 16.6. The minimum Gasteiger partial charge on any atom is -0.463 e. The fourth-order valence-electron chi connectivity index (χ4n) is 6.53. The topological polar surface area (TPSA) is 109 Å². The Morgan fingerprint density at radius 2 is 0.650 bits per heavy atom. The highest BCUT2D eigenvalue weighted by molar-refractivity contribution is 5.69. The summed E-state index contributed by atoms with van der Waals surface area (Å²) >= 11 is 0. The lowest BCUT2D eigenvalue weighted by molar-refractivity contribution is -0.145. The summed E-state index contributed by atoms with van der Waals surface area (Å²) in [7, 11) is 0. The molecule has 0 saturated carbocycles. The Labute approximate surface area is 360 Å². The van der Waals surface area contributed by atoms with Gasteiger partial charge in [-0.25, -0.2) is 0 Å². The predicted molar refractivity (Wildman–Crippen MR) is 235 cm³/mol. The molecule has 0 fully saturated rings. The molecule has 0 aliphatic heterocycles. The van der Waals surface area contributed by atoms with Crippen LogP contribution in [0.1, 0.15) is 87.8 Å². The third kappa shape index (κ3) is 23.7. The molecule has 60 heavy (non-hydrogen) atoms. The molecule has 0 amide bonds. The maximum Gasteiger partial charge on any atom is 0.305 e. The summed E-state index contributed by atoms with van der Waals surface area (Å²) in [6, 6.07) is 31.0. The first-order chi connectivity index (χ1) is 29.8. The zero-order valence-corrected chi connectivity index (χ0v) is 36.4. The van der Waals surface area contributed by atoms with Gasteiger partial charge >= 0.3 is 5.97 Å². The molecular formula is C49H74O11. The van der Waals surface area contributed by atoms with Gasteiger partial charge in [-0.05, 0) is 23.1 Å². The summed E-state index contributed by atoms with van der Waals surface area (Å²) in [5.41, 5.74) is 2.44. The Morgan fingerprint density at radius 1 is 0.367 bits per heavy atom. The van der Waals surface area contributed by atoms with Crippen LogP contribution in [-0.2, 0) is 57.8 Å². The monoisotopic (exact) mass is 839 g/mol. The molecule has 11 nitrogen and oxygen atoms in total. The van der Waals surface area contributed by atoms with E-state index in [-0.39, 0.29) is 12.6 Å². The third-order valence-electron chi connectivity index (χ3n) is 9.67. The molecule has 0 bridgehead atoms. The van der Waals surface area contributed by atoms with Crippen molar-refractivity contribution in [1.82, 2.24) is 0 Å². The van der Waals surface area contributed by atoms with Crippen molar-refractivity contribution in [3.05, 3.63) is 108 Å². The van der Waals surface area contributed by atoms with Gasteiger partial charge in [-0.2, -0.15) is 0 Å². The molecule has 0 atom stereocenters. The fourth-order valence-corrected chi connectivity index (χ4v) is 6.53. The number of rotatable bonds is 41. The number of carbonyl (C=O) groups excluding carboxylic acids is 1. The van der Waals surface area contributed by atoms with Crippen LogP contribution in [0.3, 0.4) is 0 Å². The Balaban J connectivity index is 1.03. The predicted octanol–water partition coefficient (Wildman–Crippen LogP) is 8.59. The lowest BCUT2D eigenvalue weighted by Gasteiger charge is -2.36. The molecule has 0 aliphatic carbocycles. The van der Waals surface area contributed by atoms with Gasteiger partial charge in [0.15, 0.2) is 0 Å². The average Bonchev–Trinajstić information content (AvgIpc) is 3.29. The number of hydrogen-bond acceptors (Lipinski definition) is 11. The van der Waals surface area contributed by atoms with Crippen LogP contribution in [0.25, 0.3) is 0 Å². The highest BCUT2D eigenvalue weighted by Gasteiger charge is 2.37. The first-order valence-electron chi connectivity index (χ1n) is 22.4. The first-order valence-corrected chi connectivity index (χ1v) is 22.4. The molecule has 3 aromatic carbocycles. The SMILES string of the molecule is CCCCCCCCCCCC(=O)OCCOCCOCCOCCOCCOCCOCCOCCOCCOC(c1ccccc1)(c1ccccc1)c1ccccc1. The van der Waals surface area contributed by atoms with Crippen molar-refractivity contribution in [3.63, 3.8) is 0 Å². The Bertz CT molecular complexity index is 1280. The zero-order chi connectivity index (χ0) is 42.3. The van der Waals surface area contributed by atoms with Gasteiger partial charge in [0, 0.05) is 6.42 Å². The van der Waals surface area contributed by atoms with Crippen molar-refractivity contribution < 1.29 is 52.2 Å². The van der Waals surface area contributed by atoms with Crippen molar-refractivity contribution in [1.29, 1.82) is 0 Å². The molecule has 0 aromatic heterocycles. The van der Waals surface area contributed by atoms with Crippen molar-refractivity contribution >= 4 is 5.97 Å². The van der Waals surface area contributed by atoms with Crippen LogP contribution in [0.4, 0.5) is 0 Å². The highest BCUT2D eigenvalue weighted by Crippen LogP contribution is 2.40. The van der Waals surface area contributed by atoms with E-state index in [1.165, 1.54) is 44.9 Å². The number of ether oxygens (including phenoxy) is 10. The second-order valence-corrected chi connectivity index (χ2v) is 14.3. The van der Waals surface area contributed by atoms with E-state index in [0.717, 1.165) is 29.5 Å². The summed E-state index contributed by atoms with van der Waals surface area (Å²) in [5, 5.41) is 0. The summed E-state index contributed by atoms with van der Waals surface area (Å²) in [6.07, 6.45) is 11.6. The van der Waals surface area contributed by atoms with E-state index in [1.807, 2.05) is 54.6 Å². The lowest BCUT2D eigenvalue weighted by atomic mass is 9.80. The summed E-state index contributed by atoms with van der Waals surface area (Å²) in [6.45, 7) is 10.5. The molecule has 336 valence electrons. The van der Waals surface area contributed by atoms with E-state index in [0.29, 0.717) is 119 Å². The molecule has 0 heterocycles. The Kier molecular flexibility index (Phi) is 31.0. The Hall–Kier alpha value is -3.23. The Morgan fingerprint density at radius 3 is 0.983 bits per heavy atom. The molecule has 3 aromatic rings. The van der Waals surface area contributed by atoms with Crippen LogP contribution in [0.5, 0.6) is 0 Å². The van der Waals surface area contributed by atoms with Crippen molar-refractivity contribution in [2.24, 2.45) is 0 Å². The van der Waals surface area contributed by atoms with Gasteiger partial charge in [0.1, 0.15) is 12.2 Å². The van der Waals surface area contributed by atoms with Gasteiger partial charge in [0.25, 0.3) is 0 Å². The van der Waals surface area contributed by atoms with E-state index in [9.17, 15) is 4.79 Å². The standard InChI is InChI=1S/C49H74O11/c1-2-3-4-5-6-7-8-9-19-26-48(50)59-43-41-57-39-37-55-35-33-53-31-29-51-27-28-52-30-32-54-34-36-56-38-40-58-42-44-60-49(45-20-13-10-14-21-45,46-22-15-11-16-23-46)47-24-17-12-18-25-47/h10-18,20-25H,2-9,19,26-44H2,1H3. The van der Waals surface area contributed by atoms with E-state index in [4.69, 9.17) is 47.4 Å². The molecule has 0 unspecified atom stereocenters. The molecule has 0 aliphatic rings. The van der Waals surface area contributed by atoms with Crippen LogP contribution in [0, 0.1) is 0 Å². The quantitative estimate of drug-likeness (QED) is 0.0312. The van der Waals surface area contributed by atoms with E-state index in [2.05, 4.69) is 43.3 Å². The maximum atomic E-state index is 11.8. The maximum absolute atomic E-state index is 11.8. The van der Waals surface area contributed by atoms with Gasteiger partial charge in [-0.1, -0.05) is 149 Å². The fraction of sp³-hybridized carbons (Fsp3) is 0.612. The van der Waals surface area contributed by atoms with Crippen molar-refractivity contribution in [2.45, 2.75) is 76.7 Å². The van der Waals surface area contributed by atoms with Crippen LogP contribution < -0.4 is 0 Å². The summed E-state index contributed by atoms with van der Waals surface area (Å²) < 4.78 is 56.7. The molecular weight excluding hydrogens is 765 g/mol. The smallest absolute Gasteiger partial charge is 0.305 e. The minimum absolute atomic E-state index is 0.137. The lowest BCUT2D eigenvalue weighted by Crippen LogP contribution is -2.34. The van der Waals surface area contributed by atoms with Crippen molar-refractivity contribution in [2.75, 3.05) is 119 Å². The molecule has 0 spiro atoms. The molecule has 3 rings (SSSR count). The van der Waals surface area contributed by atoms with Crippen LogP contribution >= 0.6 is 0 Å². The molecule has 0 saturated heterocycles. The van der Waals surface area contributed by atoms with Gasteiger partial charge in [-0.15, -0.1) is 0 Å². The number of esters is 1. The van der Waals surface area contributed by atoms with Gasteiger partial charge < -0.3 is 47.4 Å². The van der Waals surface area contributed by atoms with Gasteiger partial charge in [0.05, 0.1) is 112 Å². The van der Waals surface area contributed by atoms with E-state index >= 15 is 0 Å². The minimum atomic E-state index is -0.754. The van der Waals surface area contributed by atoms with Crippen LogP contribution in [0.2, 0.25) is 0 Å². The molecule has 11 heteroatoms. The van der Waals surface area contributed by atoms with Crippen LogP contribution in [0.15, 0.2) is 91.0 Å². The van der Waals surface area contributed by atoms with Gasteiger partial charge in [0.2, 0.25) is 0 Å².